The van der Waals surface area contributed by atoms with E-state index in [0.29, 0.717) is 13.2 Å². The van der Waals surface area contributed by atoms with Crippen LogP contribution in [0.25, 0.3) is 0 Å². The summed E-state index contributed by atoms with van der Waals surface area (Å²) in [7, 11) is 1.79. The largest absolute Gasteiger partial charge is 0.486 e. The average molecular weight is 349 g/mol. The maximum absolute atomic E-state index is 5.62. The molecule has 25 heavy (non-hydrogen) atoms. The number of hydrogen-bond donors (Lipinski definition) is 2. The topological polar surface area (TPSA) is 64.1 Å². The molecule has 1 heterocycles. The monoisotopic (exact) mass is 349 g/mol. The lowest BCUT2D eigenvalue weighted by molar-refractivity contribution is 0.129. The van der Waals surface area contributed by atoms with Crippen molar-refractivity contribution in [2.45, 2.75) is 32.6 Å². The van der Waals surface area contributed by atoms with Gasteiger partial charge in [-0.05, 0) is 37.0 Å². The summed E-state index contributed by atoms with van der Waals surface area (Å²) in [4.78, 5) is 4.25. The molecule has 1 aliphatic heterocycles. The van der Waals surface area contributed by atoms with Gasteiger partial charge < -0.3 is 24.8 Å². The van der Waals surface area contributed by atoms with Crippen molar-refractivity contribution in [2.75, 3.05) is 46.6 Å². The molecular weight excluding hydrogens is 318 g/mol. The molecule has 0 atom stereocenters. The molecule has 1 aliphatic rings. The fraction of sp³-hybridized carbons (Fsp3) is 0.632. The van der Waals surface area contributed by atoms with Crippen LogP contribution in [-0.2, 0) is 11.2 Å². The second-order valence-corrected chi connectivity index (χ2v) is 5.97. The fourth-order valence-corrected chi connectivity index (χ4v) is 2.52. The zero-order valence-corrected chi connectivity index (χ0v) is 15.5. The fourth-order valence-electron chi connectivity index (χ4n) is 2.52. The van der Waals surface area contributed by atoms with Crippen molar-refractivity contribution in [1.29, 1.82) is 0 Å². The Kier molecular flexibility index (Phi) is 8.97. The van der Waals surface area contributed by atoms with Crippen molar-refractivity contribution in [3.8, 4) is 11.5 Å². The quantitative estimate of drug-likeness (QED) is 0.386. The Morgan fingerprint density at radius 3 is 2.64 bits per heavy atom. The van der Waals surface area contributed by atoms with Crippen LogP contribution in [0.3, 0.4) is 0 Å². The third kappa shape index (κ3) is 7.22. The first-order valence-electron chi connectivity index (χ1n) is 9.24. The third-order valence-electron chi connectivity index (χ3n) is 3.94. The standard InChI is InChI=1S/C19H31N3O3/c1-3-4-11-23-12-5-9-21-19(20-2)22-10-8-16-6-7-17-18(15-16)25-14-13-24-17/h6-7,15H,3-5,8-14H2,1-2H3,(H2,20,21,22). The van der Waals surface area contributed by atoms with Crippen molar-refractivity contribution >= 4 is 5.96 Å². The van der Waals surface area contributed by atoms with E-state index in [2.05, 4.69) is 34.7 Å². The minimum Gasteiger partial charge on any atom is -0.486 e. The molecule has 0 aliphatic carbocycles. The summed E-state index contributed by atoms with van der Waals surface area (Å²) < 4.78 is 16.7. The number of nitrogens with zero attached hydrogens (tertiary/aromatic N) is 1. The molecule has 2 rings (SSSR count). The number of guanidine groups is 1. The lowest BCUT2D eigenvalue weighted by Gasteiger charge is -2.19. The third-order valence-corrected chi connectivity index (χ3v) is 3.94. The summed E-state index contributed by atoms with van der Waals surface area (Å²) >= 11 is 0. The maximum Gasteiger partial charge on any atom is 0.190 e. The predicted octanol–water partition coefficient (Wildman–Crippen LogP) is 2.37. The van der Waals surface area contributed by atoms with E-state index in [1.165, 1.54) is 12.0 Å². The summed E-state index contributed by atoms with van der Waals surface area (Å²) in [6, 6.07) is 6.12. The average Bonchev–Trinajstić information content (AvgIpc) is 2.65. The van der Waals surface area contributed by atoms with Gasteiger partial charge in [0.1, 0.15) is 13.2 Å². The van der Waals surface area contributed by atoms with Crippen LogP contribution in [0.2, 0.25) is 0 Å². The van der Waals surface area contributed by atoms with Crippen molar-refractivity contribution in [3.05, 3.63) is 23.8 Å². The second-order valence-electron chi connectivity index (χ2n) is 5.97. The first kappa shape index (κ1) is 19.4. The van der Waals surface area contributed by atoms with Crippen LogP contribution in [0.1, 0.15) is 31.7 Å². The number of benzene rings is 1. The molecule has 140 valence electrons. The molecule has 0 saturated carbocycles. The van der Waals surface area contributed by atoms with E-state index in [0.717, 1.165) is 63.0 Å². The van der Waals surface area contributed by atoms with Crippen LogP contribution in [0.15, 0.2) is 23.2 Å². The normalized spacial score (nSPS) is 13.6. The summed E-state index contributed by atoms with van der Waals surface area (Å²) in [5, 5.41) is 6.65. The Balaban J connectivity index is 1.61. The SMILES string of the molecule is CCCCOCCCNC(=NC)NCCc1ccc2c(c1)OCCO2. The highest BCUT2D eigenvalue weighted by Crippen LogP contribution is 2.30. The maximum atomic E-state index is 5.62. The number of nitrogens with one attached hydrogen (secondary N) is 2. The molecule has 0 unspecified atom stereocenters. The van der Waals surface area contributed by atoms with Gasteiger partial charge in [0, 0.05) is 33.4 Å². The molecule has 0 saturated heterocycles. The van der Waals surface area contributed by atoms with Crippen molar-refractivity contribution in [2.24, 2.45) is 4.99 Å². The lowest BCUT2D eigenvalue weighted by Crippen LogP contribution is -2.39. The van der Waals surface area contributed by atoms with E-state index in [1.807, 2.05) is 6.07 Å². The van der Waals surface area contributed by atoms with Crippen LogP contribution in [-0.4, -0.2) is 52.5 Å². The first-order chi connectivity index (χ1) is 12.3. The summed E-state index contributed by atoms with van der Waals surface area (Å²) in [6.07, 6.45) is 4.19. The Labute approximate surface area is 151 Å². The Hall–Kier alpha value is -1.95. The molecule has 1 aromatic carbocycles. The molecule has 0 bridgehead atoms. The highest BCUT2D eigenvalue weighted by atomic mass is 16.6. The van der Waals surface area contributed by atoms with Crippen LogP contribution in [0.5, 0.6) is 11.5 Å². The molecule has 2 N–H and O–H groups in total. The summed E-state index contributed by atoms with van der Waals surface area (Å²) in [5.41, 5.74) is 1.22. The van der Waals surface area contributed by atoms with E-state index in [1.54, 1.807) is 7.05 Å². The molecule has 6 nitrogen and oxygen atoms in total. The van der Waals surface area contributed by atoms with Crippen LogP contribution in [0.4, 0.5) is 0 Å². The number of fused-ring (bicyclic) bond motifs is 1. The second kappa shape index (κ2) is 11.6. The minimum absolute atomic E-state index is 0.618. The van der Waals surface area contributed by atoms with Gasteiger partial charge in [0.2, 0.25) is 0 Å². The van der Waals surface area contributed by atoms with Gasteiger partial charge in [0.05, 0.1) is 0 Å². The van der Waals surface area contributed by atoms with Gasteiger partial charge in [-0.3, -0.25) is 4.99 Å². The minimum atomic E-state index is 0.618. The van der Waals surface area contributed by atoms with Crippen LogP contribution >= 0.6 is 0 Å². The lowest BCUT2D eigenvalue weighted by atomic mass is 10.1. The van der Waals surface area contributed by atoms with Crippen molar-refractivity contribution in [3.63, 3.8) is 0 Å². The molecule has 1 aromatic rings. The molecule has 0 radical (unpaired) electrons. The van der Waals surface area contributed by atoms with Gasteiger partial charge in [0.15, 0.2) is 17.5 Å². The van der Waals surface area contributed by atoms with Gasteiger partial charge in [-0.2, -0.15) is 0 Å². The van der Waals surface area contributed by atoms with E-state index >= 15 is 0 Å². The van der Waals surface area contributed by atoms with Gasteiger partial charge in [0.25, 0.3) is 0 Å². The van der Waals surface area contributed by atoms with Gasteiger partial charge in [-0.15, -0.1) is 0 Å². The molecular formula is C19H31N3O3. The Bertz CT molecular complexity index is 535. The molecule has 0 amide bonds. The number of aliphatic imine (C=N–C) groups is 1. The van der Waals surface area contributed by atoms with Crippen molar-refractivity contribution in [1.82, 2.24) is 10.6 Å². The Morgan fingerprint density at radius 2 is 1.84 bits per heavy atom. The van der Waals surface area contributed by atoms with Crippen LogP contribution < -0.4 is 20.1 Å². The van der Waals surface area contributed by atoms with E-state index in [4.69, 9.17) is 14.2 Å². The van der Waals surface area contributed by atoms with Gasteiger partial charge in [-0.1, -0.05) is 19.4 Å². The zero-order valence-electron chi connectivity index (χ0n) is 15.5. The molecule has 0 spiro atoms. The van der Waals surface area contributed by atoms with E-state index in [-0.39, 0.29) is 0 Å². The molecule has 6 heteroatoms. The van der Waals surface area contributed by atoms with Crippen LogP contribution in [0, 0.1) is 0 Å². The van der Waals surface area contributed by atoms with E-state index < -0.39 is 0 Å². The summed E-state index contributed by atoms with van der Waals surface area (Å²) in [6.45, 7) is 6.74. The summed E-state index contributed by atoms with van der Waals surface area (Å²) in [5.74, 6) is 2.50. The number of ether oxygens (including phenoxy) is 3. The Morgan fingerprint density at radius 1 is 1.08 bits per heavy atom. The zero-order chi connectivity index (χ0) is 17.7. The predicted molar refractivity (Wildman–Crippen MR) is 101 cm³/mol. The van der Waals surface area contributed by atoms with Crippen molar-refractivity contribution < 1.29 is 14.2 Å². The number of rotatable bonds is 10. The smallest absolute Gasteiger partial charge is 0.190 e. The molecule has 0 aromatic heterocycles. The number of unbranched alkanes of at least 4 members (excludes halogenated alkanes) is 1. The highest BCUT2D eigenvalue weighted by molar-refractivity contribution is 5.79. The van der Waals surface area contributed by atoms with E-state index in [9.17, 15) is 0 Å². The molecule has 0 fully saturated rings. The van der Waals surface area contributed by atoms with Gasteiger partial charge in [-0.25, -0.2) is 0 Å². The first-order valence-corrected chi connectivity index (χ1v) is 9.24. The number of hydrogen-bond acceptors (Lipinski definition) is 4. The van der Waals surface area contributed by atoms with Gasteiger partial charge >= 0.3 is 0 Å². The highest BCUT2D eigenvalue weighted by Gasteiger charge is 2.11.